The molecule has 1 aliphatic rings. The van der Waals surface area contributed by atoms with Crippen molar-refractivity contribution in [1.29, 1.82) is 0 Å². The van der Waals surface area contributed by atoms with Crippen LogP contribution in [-0.2, 0) is 4.79 Å². The van der Waals surface area contributed by atoms with E-state index in [-0.39, 0.29) is 29.4 Å². The van der Waals surface area contributed by atoms with Crippen LogP contribution in [0.3, 0.4) is 0 Å². The van der Waals surface area contributed by atoms with Crippen LogP contribution in [0.5, 0.6) is 0 Å². The topological polar surface area (TPSA) is 69.6 Å². The molecule has 0 aliphatic heterocycles. The molecular weight excluding hydrogens is 256 g/mol. The summed E-state index contributed by atoms with van der Waals surface area (Å²) < 4.78 is 0. The van der Waals surface area contributed by atoms with Crippen LogP contribution < -0.4 is 5.32 Å². The first kappa shape index (κ1) is 16.8. The SMILES string of the molecule is CCC(C)N(CC(=O)O)C(=O)NCC1C(C)(C)C1(C)C. The predicted octanol–water partition coefficient (Wildman–Crippen LogP) is 2.56. The molecule has 0 spiro atoms. The molecule has 0 radical (unpaired) electrons. The molecule has 2 amide bonds. The Bertz CT molecular complexity index is 377. The van der Waals surface area contributed by atoms with Gasteiger partial charge in [0.15, 0.2) is 0 Å². The molecule has 1 atom stereocenters. The first-order valence-corrected chi connectivity index (χ1v) is 7.32. The fourth-order valence-corrected chi connectivity index (χ4v) is 2.93. The molecule has 0 bridgehead atoms. The van der Waals surface area contributed by atoms with E-state index in [9.17, 15) is 9.59 Å². The highest BCUT2D eigenvalue weighted by Gasteiger charge is 2.64. The van der Waals surface area contributed by atoms with Crippen molar-refractivity contribution in [2.75, 3.05) is 13.1 Å². The highest BCUT2D eigenvalue weighted by Crippen LogP contribution is 2.67. The van der Waals surface area contributed by atoms with Gasteiger partial charge in [-0.3, -0.25) is 4.79 Å². The van der Waals surface area contributed by atoms with E-state index in [1.807, 2.05) is 13.8 Å². The number of carboxylic acids is 1. The van der Waals surface area contributed by atoms with Gasteiger partial charge < -0.3 is 15.3 Å². The Labute approximate surface area is 121 Å². The van der Waals surface area contributed by atoms with Gasteiger partial charge in [-0.2, -0.15) is 0 Å². The van der Waals surface area contributed by atoms with Crippen LogP contribution in [0.25, 0.3) is 0 Å². The molecule has 0 aromatic heterocycles. The summed E-state index contributed by atoms with van der Waals surface area (Å²) in [5.41, 5.74) is 0.433. The number of nitrogens with zero attached hydrogens (tertiary/aromatic N) is 1. The molecule has 0 saturated heterocycles. The fourth-order valence-electron chi connectivity index (χ4n) is 2.93. The van der Waals surface area contributed by atoms with Crippen molar-refractivity contribution in [1.82, 2.24) is 10.2 Å². The van der Waals surface area contributed by atoms with Gasteiger partial charge in [-0.05, 0) is 30.1 Å². The molecule has 5 nitrogen and oxygen atoms in total. The highest BCUT2D eigenvalue weighted by molar-refractivity contribution is 5.80. The van der Waals surface area contributed by atoms with Gasteiger partial charge in [0.05, 0.1) is 0 Å². The Morgan fingerprint density at radius 2 is 1.75 bits per heavy atom. The van der Waals surface area contributed by atoms with Crippen molar-refractivity contribution in [3.8, 4) is 0 Å². The molecule has 0 aromatic rings. The van der Waals surface area contributed by atoms with Gasteiger partial charge >= 0.3 is 12.0 Å². The van der Waals surface area contributed by atoms with Gasteiger partial charge in [-0.1, -0.05) is 34.6 Å². The van der Waals surface area contributed by atoms with E-state index < -0.39 is 5.97 Å². The standard InChI is InChI=1S/C15H28N2O3/c1-7-10(2)17(9-12(18)19)13(20)16-8-11-14(3,4)15(11,5)6/h10-11H,7-9H2,1-6H3,(H,16,20)(H,18,19). The number of carboxylic acid groups (broad SMARTS) is 1. The van der Waals surface area contributed by atoms with Gasteiger partial charge in [0.25, 0.3) is 0 Å². The molecule has 1 saturated carbocycles. The Morgan fingerprint density at radius 1 is 1.25 bits per heavy atom. The normalized spacial score (nSPS) is 21.1. The Morgan fingerprint density at radius 3 is 2.10 bits per heavy atom. The molecule has 1 unspecified atom stereocenters. The molecule has 1 aliphatic carbocycles. The molecule has 1 fully saturated rings. The third kappa shape index (κ3) is 3.07. The Kier molecular flexibility index (Phi) is 4.72. The molecule has 20 heavy (non-hydrogen) atoms. The van der Waals surface area contributed by atoms with Crippen LogP contribution in [-0.4, -0.2) is 41.1 Å². The van der Waals surface area contributed by atoms with Crippen molar-refractivity contribution in [2.45, 2.75) is 54.0 Å². The van der Waals surface area contributed by atoms with Gasteiger partial charge in [0.1, 0.15) is 6.54 Å². The second-order valence-electron chi connectivity index (χ2n) is 6.96. The van der Waals surface area contributed by atoms with E-state index in [2.05, 4.69) is 33.0 Å². The Hall–Kier alpha value is -1.26. The molecule has 0 aromatic carbocycles. The lowest BCUT2D eigenvalue weighted by Crippen LogP contribution is -2.48. The minimum atomic E-state index is -0.979. The van der Waals surface area contributed by atoms with Crippen LogP contribution in [0.4, 0.5) is 4.79 Å². The van der Waals surface area contributed by atoms with Crippen LogP contribution in [0.15, 0.2) is 0 Å². The fraction of sp³-hybridized carbons (Fsp3) is 0.867. The average molecular weight is 284 g/mol. The number of rotatable bonds is 6. The molecule has 1 rings (SSSR count). The highest BCUT2D eigenvalue weighted by atomic mass is 16.4. The number of aliphatic carboxylic acids is 1. The quantitative estimate of drug-likeness (QED) is 0.787. The lowest BCUT2D eigenvalue weighted by molar-refractivity contribution is -0.138. The van der Waals surface area contributed by atoms with Crippen molar-refractivity contribution >= 4 is 12.0 Å². The third-order valence-corrected chi connectivity index (χ3v) is 5.47. The summed E-state index contributed by atoms with van der Waals surface area (Å²) in [5, 5.41) is 11.8. The number of carbonyl (C=O) groups excluding carboxylic acids is 1. The molecular formula is C15H28N2O3. The lowest BCUT2D eigenvalue weighted by atomic mass is 10.0. The van der Waals surface area contributed by atoms with Crippen LogP contribution >= 0.6 is 0 Å². The monoisotopic (exact) mass is 284 g/mol. The average Bonchev–Trinajstić information content (AvgIpc) is 2.72. The summed E-state index contributed by atoms with van der Waals surface area (Å²) in [6, 6.07) is -0.355. The van der Waals surface area contributed by atoms with Gasteiger partial charge in [-0.15, -0.1) is 0 Å². The number of urea groups is 1. The third-order valence-electron chi connectivity index (χ3n) is 5.47. The van der Waals surface area contributed by atoms with E-state index in [0.29, 0.717) is 12.5 Å². The van der Waals surface area contributed by atoms with Crippen molar-refractivity contribution in [3.05, 3.63) is 0 Å². The molecule has 5 heteroatoms. The van der Waals surface area contributed by atoms with Gasteiger partial charge in [0.2, 0.25) is 0 Å². The minimum Gasteiger partial charge on any atom is -0.480 e. The predicted molar refractivity (Wildman–Crippen MR) is 78.5 cm³/mol. The Balaban J connectivity index is 2.58. The van der Waals surface area contributed by atoms with Crippen molar-refractivity contribution in [2.24, 2.45) is 16.7 Å². The van der Waals surface area contributed by atoms with Crippen LogP contribution in [0, 0.1) is 16.7 Å². The second-order valence-corrected chi connectivity index (χ2v) is 6.96. The second kappa shape index (κ2) is 5.62. The van der Waals surface area contributed by atoms with E-state index in [1.54, 1.807) is 0 Å². The van der Waals surface area contributed by atoms with Gasteiger partial charge in [0, 0.05) is 12.6 Å². The zero-order valence-corrected chi connectivity index (χ0v) is 13.5. The first-order valence-electron chi connectivity index (χ1n) is 7.32. The van der Waals surface area contributed by atoms with E-state index in [1.165, 1.54) is 4.90 Å². The maximum atomic E-state index is 12.2. The molecule has 0 heterocycles. The van der Waals surface area contributed by atoms with Crippen LogP contribution in [0.2, 0.25) is 0 Å². The van der Waals surface area contributed by atoms with E-state index in [4.69, 9.17) is 5.11 Å². The van der Waals surface area contributed by atoms with E-state index in [0.717, 1.165) is 6.42 Å². The summed E-state index contributed by atoms with van der Waals surface area (Å²) in [6.07, 6.45) is 0.737. The summed E-state index contributed by atoms with van der Waals surface area (Å²) in [5.74, 6) is -0.546. The smallest absolute Gasteiger partial charge is 0.323 e. The van der Waals surface area contributed by atoms with Crippen molar-refractivity contribution in [3.63, 3.8) is 0 Å². The zero-order valence-electron chi connectivity index (χ0n) is 13.5. The summed E-state index contributed by atoms with van der Waals surface area (Å²) >= 11 is 0. The van der Waals surface area contributed by atoms with Crippen LogP contribution in [0.1, 0.15) is 48.0 Å². The number of amides is 2. The number of nitrogens with one attached hydrogen (secondary N) is 1. The molecule has 116 valence electrons. The largest absolute Gasteiger partial charge is 0.480 e. The maximum absolute atomic E-state index is 12.2. The summed E-state index contributed by atoms with van der Waals surface area (Å²) in [4.78, 5) is 24.4. The maximum Gasteiger partial charge on any atom is 0.323 e. The number of hydrogen-bond donors (Lipinski definition) is 2. The van der Waals surface area contributed by atoms with Gasteiger partial charge in [-0.25, -0.2) is 4.79 Å². The summed E-state index contributed by atoms with van der Waals surface area (Å²) in [7, 11) is 0. The van der Waals surface area contributed by atoms with E-state index >= 15 is 0 Å². The molecule has 2 N–H and O–H groups in total. The first-order chi connectivity index (χ1) is 9.05. The summed E-state index contributed by atoms with van der Waals surface area (Å²) in [6.45, 7) is 13.0. The minimum absolute atomic E-state index is 0.0775. The zero-order chi connectivity index (χ0) is 15.7. The van der Waals surface area contributed by atoms with Crippen molar-refractivity contribution < 1.29 is 14.7 Å². The lowest BCUT2D eigenvalue weighted by Gasteiger charge is -2.27. The number of carbonyl (C=O) groups is 2. The number of hydrogen-bond acceptors (Lipinski definition) is 2.